The number of primary amides is 1. The molecule has 1 heterocycles. The lowest BCUT2D eigenvalue weighted by atomic mass is 9.84. The van der Waals surface area contributed by atoms with Crippen LogP contribution >= 0.6 is 0 Å². The molecule has 1 aliphatic heterocycles. The summed E-state index contributed by atoms with van der Waals surface area (Å²) in [5.74, 6) is -0.655. The van der Waals surface area contributed by atoms with Crippen LogP contribution in [0.15, 0.2) is 0 Å². The molecule has 17 heavy (non-hydrogen) atoms. The Morgan fingerprint density at radius 3 is 2.53 bits per heavy atom. The van der Waals surface area contributed by atoms with Crippen LogP contribution < -0.4 is 5.73 Å². The molecule has 0 aromatic rings. The van der Waals surface area contributed by atoms with Crippen molar-refractivity contribution < 1.29 is 14.7 Å². The minimum absolute atomic E-state index is 0.175. The lowest BCUT2D eigenvalue weighted by molar-refractivity contribution is -0.135. The highest BCUT2D eigenvalue weighted by Gasteiger charge is 2.34. The molecule has 0 aromatic carbocycles. The van der Waals surface area contributed by atoms with Crippen molar-refractivity contribution in [2.24, 2.45) is 11.7 Å². The van der Waals surface area contributed by atoms with E-state index in [0.29, 0.717) is 25.9 Å². The van der Waals surface area contributed by atoms with Crippen LogP contribution in [-0.4, -0.2) is 40.5 Å². The second-order valence-corrected chi connectivity index (χ2v) is 5.14. The largest absolute Gasteiger partial charge is 0.390 e. The van der Waals surface area contributed by atoms with E-state index < -0.39 is 11.5 Å². The summed E-state index contributed by atoms with van der Waals surface area (Å²) >= 11 is 0. The first-order valence-electron chi connectivity index (χ1n) is 6.13. The number of likely N-dealkylation sites (tertiary alicyclic amines) is 1. The topological polar surface area (TPSA) is 83.6 Å². The molecule has 0 radical (unpaired) electrons. The van der Waals surface area contributed by atoms with Crippen molar-refractivity contribution in [3.8, 4) is 0 Å². The molecule has 1 fully saturated rings. The molecule has 98 valence electrons. The van der Waals surface area contributed by atoms with Crippen molar-refractivity contribution in [1.82, 2.24) is 4.90 Å². The van der Waals surface area contributed by atoms with Crippen LogP contribution in [0.5, 0.6) is 0 Å². The first kappa shape index (κ1) is 14.0. The fraction of sp³-hybridized carbons (Fsp3) is 0.833. The molecule has 1 saturated heterocycles. The first-order valence-corrected chi connectivity index (χ1v) is 6.13. The van der Waals surface area contributed by atoms with Gasteiger partial charge in [0, 0.05) is 13.1 Å². The zero-order valence-corrected chi connectivity index (χ0v) is 10.6. The number of carbonyl (C=O) groups is 2. The summed E-state index contributed by atoms with van der Waals surface area (Å²) in [6, 6.07) is 0. The molecule has 0 saturated carbocycles. The smallest absolute Gasteiger partial charge is 0.231 e. The van der Waals surface area contributed by atoms with Gasteiger partial charge in [0.15, 0.2) is 0 Å². The Kier molecular flexibility index (Phi) is 4.51. The van der Waals surface area contributed by atoms with Crippen molar-refractivity contribution >= 4 is 11.8 Å². The van der Waals surface area contributed by atoms with E-state index in [1.54, 1.807) is 4.90 Å². The monoisotopic (exact) mass is 242 g/mol. The van der Waals surface area contributed by atoms with Gasteiger partial charge in [-0.2, -0.15) is 0 Å². The summed E-state index contributed by atoms with van der Waals surface area (Å²) < 4.78 is 0. The van der Waals surface area contributed by atoms with Gasteiger partial charge in [0.1, 0.15) is 6.42 Å². The van der Waals surface area contributed by atoms with Crippen LogP contribution in [0.3, 0.4) is 0 Å². The van der Waals surface area contributed by atoms with Gasteiger partial charge in [0.05, 0.1) is 5.60 Å². The number of aliphatic hydroxyl groups is 1. The van der Waals surface area contributed by atoms with E-state index in [0.717, 1.165) is 6.42 Å². The van der Waals surface area contributed by atoms with Crippen LogP contribution in [0.4, 0.5) is 0 Å². The van der Waals surface area contributed by atoms with E-state index in [1.165, 1.54) is 0 Å². The summed E-state index contributed by atoms with van der Waals surface area (Å²) in [7, 11) is 0. The van der Waals surface area contributed by atoms with Gasteiger partial charge < -0.3 is 15.7 Å². The van der Waals surface area contributed by atoms with Crippen molar-refractivity contribution in [2.45, 2.75) is 45.1 Å². The first-order chi connectivity index (χ1) is 7.85. The summed E-state index contributed by atoms with van der Waals surface area (Å²) in [4.78, 5) is 24.0. The molecule has 0 spiro atoms. The van der Waals surface area contributed by atoms with Gasteiger partial charge in [-0.1, -0.05) is 13.8 Å². The van der Waals surface area contributed by atoms with Crippen LogP contribution in [0, 0.1) is 5.92 Å². The highest BCUT2D eigenvalue weighted by molar-refractivity contribution is 5.96. The number of carbonyl (C=O) groups excluding carboxylic acids is 2. The van der Waals surface area contributed by atoms with E-state index in [2.05, 4.69) is 0 Å². The fourth-order valence-electron chi connectivity index (χ4n) is 2.23. The van der Waals surface area contributed by atoms with Crippen LogP contribution in [-0.2, 0) is 9.59 Å². The molecule has 2 amide bonds. The summed E-state index contributed by atoms with van der Waals surface area (Å²) in [6.45, 7) is 5.07. The number of nitrogens with two attached hydrogens (primary N) is 1. The maximum absolute atomic E-state index is 11.7. The normalized spacial score (nSPS) is 25.8. The van der Waals surface area contributed by atoms with Crippen molar-refractivity contribution in [2.75, 3.05) is 13.1 Å². The molecule has 0 aromatic heterocycles. The third-order valence-corrected chi connectivity index (χ3v) is 3.61. The van der Waals surface area contributed by atoms with Gasteiger partial charge >= 0.3 is 0 Å². The van der Waals surface area contributed by atoms with Gasteiger partial charge in [-0.3, -0.25) is 9.59 Å². The molecular weight excluding hydrogens is 220 g/mol. The molecule has 1 atom stereocenters. The summed E-state index contributed by atoms with van der Waals surface area (Å²) in [5, 5.41) is 10.4. The number of rotatable bonds is 3. The quantitative estimate of drug-likeness (QED) is 0.696. The van der Waals surface area contributed by atoms with Crippen LogP contribution in [0.1, 0.15) is 39.5 Å². The Morgan fingerprint density at radius 1 is 1.35 bits per heavy atom. The standard InChI is InChI=1S/C12H22N2O3/c1-9(2)12(17)4-3-6-14(7-5-12)11(16)8-10(13)15/h9,17H,3-8H2,1-2H3,(H2,13,15). The van der Waals surface area contributed by atoms with Crippen LogP contribution in [0.25, 0.3) is 0 Å². The van der Waals surface area contributed by atoms with Crippen molar-refractivity contribution in [1.29, 1.82) is 0 Å². The van der Waals surface area contributed by atoms with E-state index in [-0.39, 0.29) is 18.2 Å². The number of nitrogens with zero attached hydrogens (tertiary/aromatic N) is 1. The van der Waals surface area contributed by atoms with E-state index >= 15 is 0 Å². The molecule has 1 aliphatic rings. The molecular formula is C12H22N2O3. The molecule has 5 heteroatoms. The maximum Gasteiger partial charge on any atom is 0.231 e. The zero-order chi connectivity index (χ0) is 13.1. The zero-order valence-electron chi connectivity index (χ0n) is 10.6. The Bertz CT molecular complexity index is 304. The SMILES string of the molecule is CC(C)C1(O)CCCN(C(=O)CC(N)=O)CC1. The Balaban J connectivity index is 2.59. The average Bonchev–Trinajstić information content (AvgIpc) is 2.40. The van der Waals surface area contributed by atoms with Crippen molar-refractivity contribution in [3.63, 3.8) is 0 Å². The second-order valence-electron chi connectivity index (χ2n) is 5.14. The summed E-state index contributed by atoms with van der Waals surface area (Å²) in [6.07, 6.45) is 1.79. The third kappa shape index (κ3) is 3.70. The average molecular weight is 242 g/mol. The number of hydrogen-bond donors (Lipinski definition) is 2. The van der Waals surface area contributed by atoms with Gasteiger partial charge in [-0.05, 0) is 25.2 Å². The predicted molar refractivity (Wildman–Crippen MR) is 64.0 cm³/mol. The number of amides is 2. The minimum Gasteiger partial charge on any atom is -0.390 e. The van der Waals surface area contributed by atoms with Crippen LogP contribution in [0.2, 0.25) is 0 Å². The molecule has 0 bridgehead atoms. The third-order valence-electron chi connectivity index (χ3n) is 3.61. The van der Waals surface area contributed by atoms with Gasteiger partial charge in [0.2, 0.25) is 11.8 Å². The van der Waals surface area contributed by atoms with E-state index in [4.69, 9.17) is 5.73 Å². The highest BCUT2D eigenvalue weighted by Crippen LogP contribution is 2.29. The lowest BCUT2D eigenvalue weighted by Crippen LogP contribution is -2.38. The predicted octanol–water partition coefficient (Wildman–Crippen LogP) is 0.261. The van der Waals surface area contributed by atoms with Gasteiger partial charge in [-0.25, -0.2) is 0 Å². The lowest BCUT2D eigenvalue weighted by Gasteiger charge is -2.31. The Hall–Kier alpha value is -1.10. The summed E-state index contributed by atoms with van der Waals surface area (Å²) in [5.41, 5.74) is 4.31. The van der Waals surface area contributed by atoms with Gasteiger partial charge in [-0.15, -0.1) is 0 Å². The van der Waals surface area contributed by atoms with Gasteiger partial charge in [0.25, 0.3) is 0 Å². The number of hydrogen-bond acceptors (Lipinski definition) is 3. The maximum atomic E-state index is 11.7. The molecule has 0 aliphatic carbocycles. The Labute approximate surface area is 102 Å². The van der Waals surface area contributed by atoms with Crippen molar-refractivity contribution in [3.05, 3.63) is 0 Å². The van der Waals surface area contributed by atoms with E-state index in [9.17, 15) is 14.7 Å². The molecule has 1 rings (SSSR count). The van der Waals surface area contributed by atoms with E-state index in [1.807, 2.05) is 13.8 Å². The highest BCUT2D eigenvalue weighted by atomic mass is 16.3. The Morgan fingerprint density at radius 2 is 2.00 bits per heavy atom. The molecule has 3 N–H and O–H groups in total. The molecule has 5 nitrogen and oxygen atoms in total. The molecule has 1 unspecified atom stereocenters. The minimum atomic E-state index is -0.693. The second kappa shape index (κ2) is 5.49. The fourth-order valence-corrected chi connectivity index (χ4v) is 2.23.